The molecule has 8 nitrogen and oxygen atoms in total. The maximum absolute atomic E-state index is 12.5. The third-order valence-electron chi connectivity index (χ3n) is 5.90. The van der Waals surface area contributed by atoms with Crippen LogP contribution in [0, 0.1) is 6.92 Å². The molecule has 1 saturated carbocycles. The Morgan fingerprint density at radius 2 is 1.94 bits per heavy atom. The molecule has 0 aromatic heterocycles. The molecule has 34 heavy (non-hydrogen) atoms. The Labute approximate surface area is 207 Å². The van der Waals surface area contributed by atoms with Crippen LogP contribution in [-0.2, 0) is 4.79 Å². The van der Waals surface area contributed by atoms with E-state index >= 15 is 0 Å². The van der Waals surface area contributed by atoms with Crippen molar-refractivity contribution in [3.05, 3.63) is 52.0 Å². The van der Waals surface area contributed by atoms with E-state index in [0.717, 1.165) is 17.3 Å². The number of carbonyl (C=O) groups excluding carboxylic acids is 2. The highest BCUT2D eigenvalue weighted by Gasteiger charge is 2.17. The number of primary amides is 1. The van der Waals surface area contributed by atoms with Gasteiger partial charge in [0.1, 0.15) is 5.82 Å². The van der Waals surface area contributed by atoms with Gasteiger partial charge in [-0.3, -0.25) is 9.59 Å². The van der Waals surface area contributed by atoms with Gasteiger partial charge in [0.25, 0.3) is 5.91 Å². The lowest BCUT2D eigenvalue weighted by atomic mass is 9.95. The molecule has 0 unspecified atom stereocenters. The molecule has 1 fully saturated rings. The Balaban J connectivity index is 0.000000379. The average Bonchev–Trinajstić information content (AvgIpc) is 2.82. The standard InChI is InChI=1S/C17H20ClN5O2.C8H17N/c1-3-20-14-8-11(18)7-12(10(14)2)17(25)23-9-13(15(19)24)16-21-5-4-6-22-16;1-9(2)8-6-4-3-5-7-8/h4-8,20-21H,3,9H2,1-2H3,(H2,19,24)(H,23,25);8H,3-7H2,1-2H3/b16-13+;. The Morgan fingerprint density at radius 3 is 2.47 bits per heavy atom. The Morgan fingerprint density at radius 1 is 1.24 bits per heavy atom. The van der Waals surface area contributed by atoms with Crippen LogP contribution in [0.5, 0.6) is 0 Å². The van der Waals surface area contributed by atoms with Crippen LogP contribution >= 0.6 is 11.6 Å². The number of halogens is 1. The third kappa shape index (κ3) is 8.18. The Kier molecular flexibility index (Phi) is 11.1. The zero-order valence-electron chi connectivity index (χ0n) is 20.6. The number of anilines is 1. The van der Waals surface area contributed by atoms with E-state index in [1.165, 1.54) is 38.3 Å². The lowest BCUT2D eigenvalue weighted by Gasteiger charge is -2.27. The number of benzene rings is 1. The quantitative estimate of drug-likeness (QED) is 0.438. The molecule has 0 atom stereocenters. The van der Waals surface area contributed by atoms with Gasteiger partial charge in [0, 0.05) is 41.3 Å². The van der Waals surface area contributed by atoms with Gasteiger partial charge >= 0.3 is 0 Å². The second-order valence-electron chi connectivity index (χ2n) is 8.57. The first kappa shape index (κ1) is 27.4. The second kappa shape index (κ2) is 13.8. The molecule has 0 saturated heterocycles. The van der Waals surface area contributed by atoms with Gasteiger partial charge in [0.15, 0.2) is 0 Å². The van der Waals surface area contributed by atoms with E-state index in [1.807, 2.05) is 13.8 Å². The van der Waals surface area contributed by atoms with Crippen LogP contribution < -0.4 is 21.7 Å². The first-order chi connectivity index (χ1) is 16.2. The van der Waals surface area contributed by atoms with Crippen molar-refractivity contribution in [2.45, 2.75) is 52.0 Å². The van der Waals surface area contributed by atoms with Gasteiger partial charge < -0.3 is 26.6 Å². The molecule has 5 N–H and O–H groups in total. The lowest BCUT2D eigenvalue weighted by molar-refractivity contribution is -0.114. The summed E-state index contributed by atoms with van der Waals surface area (Å²) in [6.07, 6.45) is 12.0. The smallest absolute Gasteiger partial charge is 0.251 e. The number of hydrogen-bond donors (Lipinski definition) is 4. The third-order valence-corrected chi connectivity index (χ3v) is 6.12. The molecule has 1 aliphatic carbocycles. The molecule has 1 aromatic rings. The van der Waals surface area contributed by atoms with Crippen molar-refractivity contribution in [2.75, 3.05) is 32.5 Å². The van der Waals surface area contributed by atoms with E-state index < -0.39 is 5.91 Å². The highest BCUT2D eigenvalue weighted by atomic mass is 35.5. The molecule has 3 rings (SSSR count). The molecule has 9 heteroatoms. The van der Waals surface area contributed by atoms with Crippen LogP contribution in [0.2, 0.25) is 5.02 Å². The molecule has 0 radical (unpaired) electrons. The predicted molar refractivity (Wildman–Crippen MR) is 140 cm³/mol. The van der Waals surface area contributed by atoms with Crippen molar-refractivity contribution in [1.29, 1.82) is 0 Å². The number of allylic oxidation sites excluding steroid dienone is 1. The van der Waals surface area contributed by atoms with Gasteiger partial charge in [-0.1, -0.05) is 30.9 Å². The minimum absolute atomic E-state index is 0.0514. The summed E-state index contributed by atoms with van der Waals surface area (Å²) in [5.74, 6) is -0.702. The van der Waals surface area contributed by atoms with Crippen molar-refractivity contribution < 1.29 is 9.59 Å². The van der Waals surface area contributed by atoms with Crippen molar-refractivity contribution in [3.8, 4) is 0 Å². The normalized spacial score (nSPS) is 16.9. The van der Waals surface area contributed by atoms with Crippen molar-refractivity contribution in [3.63, 3.8) is 0 Å². The largest absolute Gasteiger partial charge is 0.385 e. The fraction of sp³-hybridized carbons (Fsp3) is 0.480. The minimum atomic E-state index is -0.661. The molecule has 1 heterocycles. The van der Waals surface area contributed by atoms with E-state index in [0.29, 0.717) is 23.0 Å². The van der Waals surface area contributed by atoms with Crippen LogP contribution in [0.3, 0.4) is 0 Å². The van der Waals surface area contributed by atoms with Gasteiger partial charge in [-0.15, -0.1) is 0 Å². The number of carbonyl (C=O) groups is 2. The second-order valence-corrected chi connectivity index (χ2v) is 9.00. The summed E-state index contributed by atoms with van der Waals surface area (Å²) in [5.41, 5.74) is 7.56. The van der Waals surface area contributed by atoms with E-state index in [1.54, 1.807) is 24.4 Å². The molecule has 0 spiro atoms. The molecule has 186 valence electrons. The first-order valence-electron chi connectivity index (χ1n) is 11.7. The summed E-state index contributed by atoms with van der Waals surface area (Å²) < 4.78 is 0. The molecular formula is C25H37ClN6O2. The van der Waals surface area contributed by atoms with Crippen LogP contribution in [0.25, 0.3) is 0 Å². The van der Waals surface area contributed by atoms with E-state index in [-0.39, 0.29) is 18.0 Å². The topological polar surface area (TPSA) is 112 Å². The van der Waals surface area contributed by atoms with Crippen molar-refractivity contribution in [2.24, 2.45) is 10.7 Å². The fourth-order valence-corrected chi connectivity index (χ4v) is 4.15. The summed E-state index contributed by atoms with van der Waals surface area (Å²) in [6, 6.07) is 4.24. The number of rotatable bonds is 7. The van der Waals surface area contributed by atoms with Gasteiger partial charge in [-0.2, -0.15) is 0 Å². The highest BCUT2D eigenvalue weighted by Crippen LogP contribution is 2.25. The summed E-state index contributed by atoms with van der Waals surface area (Å²) in [4.78, 5) is 30.6. The molecule has 1 aromatic carbocycles. The van der Waals surface area contributed by atoms with Crippen molar-refractivity contribution in [1.82, 2.24) is 15.5 Å². The van der Waals surface area contributed by atoms with Crippen LogP contribution in [0.4, 0.5) is 5.69 Å². The first-order valence-corrected chi connectivity index (χ1v) is 12.1. The lowest BCUT2D eigenvalue weighted by Crippen LogP contribution is -2.33. The summed E-state index contributed by atoms with van der Waals surface area (Å²) in [6.45, 7) is 4.44. The number of nitrogens with one attached hydrogen (secondary N) is 3. The van der Waals surface area contributed by atoms with E-state index in [9.17, 15) is 9.59 Å². The highest BCUT2D eigenvalue weighted by molar-refractivity contribution is 6.31. The molecule has 2 aliphatic rings. The summed E-state index contributed by atoms with van der Waals surface area (Å²) in [5, 5.41) is 9.13. The van der Waals surface area contributed by atoms with Crippen LogP contribution in [0.15, 0.2) is 40.8 Å². The van der Waals surface area contributed by atoms with Crippen LogP contribution in [0.1, 0.15) is 54.9 Å². The maximum Gasteiger partial charge on any atom is 0.251 e. The Bertz CT molecular complexity index is 949. The minimum Gasteiger partial charge on any atom is -0.385 e. The van der Waals surface area contributed by atoms with E-state index in [2.05, 4.69) is 39.9 Å². The van der Waals surface area contributed by atoms with E-state index in [4.69, 9.17) is 17.3 Å². The SMILES string of the molecule is CCNc1cc(Cl)cc(C(=O)NC/C(C(N)=O)=C2\N=CC=CN2)c1C.CN(C)C1CCCCC1. The van der Waals surface area contributed by atoms with Crippen LogP contribution in [-0.4, -0.2) is 56.2 Å². The number of aliphatic imine (C=N–C) groups is 1. The number of hydrogen-bond acceptors (Lipinski definition) is 6. The maximum atomic E-state index is 12.5. The van der Waals surface area contributed by atoms with Gasteiger partial charge in [0.2, 0.25) is 5.91 Å². The Hall–Kier alpha value is -2.84. The number of amides is 2. The molecule has 2 amide bonds. The van der Waals surface area contributed by atoms with Gasteiger partial charge in [-0.05, 0) is 64.6 Å². The zero-order valence-corrected chi connectivity index (χ0v) is 21.3. The molecular weight excluding hydrogens is 452 g/mol. The zero-order chi connectivity index (χ0) is 25.1. The average molecular weight is 489 g/mol. The molecule has 1 aliphatic heterocycles. The summed E-state index contributed by atoms with van der Waals surface area (Å²) in [7, 11) is 4.38. The van der Waals surface area contributed by atoms with Gasteiger partial charge in [0.05, 0.1) is 12.1 Å². The number of nitrogens with two attached hydrogens (primary N) is 1. The monoisotopic (exact) mass is 488 g/mol. The number of nitrogens with zero attached hydrogens (tertiary/aromatic N) is 2. The van der Waals surface area contributed by atoms with Crippen molar-refractivity contribution >= 4 is 35.3 Å². The van der Waals surface area contributed by atoms with Gasteiger partial charge in [-0.25, -0.2) is 4.99 Å². The summed E-state index contributed by atoms with van der Waals surface area (Å²) >= 11 is 6.10. The predicted octanol–water partition coefficient (Wildman–Crippen LogP) is 3.58. The molecule has 0 bridgehead atoms. The fourth-order valence-electron chi connectivity index (χ4n) is 3.93.